The van der Waals surface area contributed by atoms with Crippen molar-refractivity contribution in [3.63, 3.8) is 0 Å². The van der Waals surface area contributed by atoms with Gasteiger partial charge >= 0.3 is 12.1 Å². The molecule has 0 saturated heterocycles. The molecule has 3 rings (SSSR count). The Labute approximate surface area is 152 Å². The maximum Gasteiger partial charge on any atom is 0.408 e. The van der Waals surface area contributed by atoms with Crippen molar-refractivity contribution in [2.45, 2.75) is 44.3 Å². The highest BCUT2D eigenvalue weighted by Crippen LogP contribution is 2.53. The van der Waals surface area contributed by atoms with Crippen LogP contribution in [0.3, 0.4) is 0 Å². The normalized spacial score (nSPS) is 22.9. The van der Waals surface area contributed by atoms with Crippen LogP contribution in [0.15, 0.2) is 24.3 Å². The van der Waals surface area contributed by atoms with Gasteiger partial charge in [-0.3, -0.25) is 14.9 Å². The minimum absolute atomic E-state index is 0.0213. The van der Waals surface area contributed by atoms with E-state index in [0.717, 1.165) is 0 Å². The number of ether oxygens (including phenoxy) is 1. The van der Waals surface area contributed by atoms with Crippen molar-refractivity contribution in [3.05, 3.63) is 35.4 Å². The Balaban J connectivity index is 1.77. The largest absolute Gasteiger partial charge is 0.444 e. The number of benzene rings is 1. The van der Waals surface area contributed by atoms with Gasteiger partial charge in [-0.15, -0.1) is 0 Å². The third-order valence-corrected chi connectivity index (χ3v) is 3.98. The van der Waals surface area contributed by atoms with Gasteiger partial charge in [0.15, 0.2) is 0 Å². The number of alkyl carbamates (subject to hydrolysis) is 1. The lowest BCUT2D eigenvalue weighted by molar-refractivity contribution is -0.175. The molecule has 10 heteroatoms. The quantitative estimate of drug-likeness (QED) is 0.803. The van der Waals surface area contributed by atoms with Gasteiger partial charge in [0.1, 0.15) is 5.60 Å². The van der Waals surface area contributed by atoms with Crippen molar-refractivity contribution in [1.29, 1.82) is 0 Å². The number of nitrogens with zero attached hydrogens (tertiary/aromatic N) is 1. The van der Waals surface area contributed by atoms with E-state index in [1.54, 1.807) is 5.32 Å². The van der Waals surface area contributed by atoms with E-state index in [2.05, 4.69) is 4.84 Å². The average molecular weight is 382 g/mol. The summed E-state index contributed by atoms with van der Waals surface area (Å²) in [6.45, 7) is 4.55. The predicted octanol–water partition coefficient (Wildman–Crippen LogP) is 2.04. The second kappa shape index (κ2) is 5.73. The predicted molar refractivity (Wildman–Crippen MR) is 84.7 cm³/mol. The maximum absolute atomic E-state index is 13.9. The minimum Gasteiger partial charge on any atom is -0.444 e. The second-order valence-corrected chi connectivity index (χ2v) is 7.24. The summed E-state index contributed by atoms with van der Waals surface area (Å²) < 4.78 is 32.6. The molecule has 1 saturated carbocycles. The number of alkyl halides is 2. The zero-order valence-electron chi connectivity index (χ0n) is 14.7. The molecule has 1 unspecified atom stereocenters. The molecule has 1 aromatic carbocycles. The molecular formula is C17H16F2N2O6. The van der Waals surface area contributed by atoms with Crippen LogP contribution in [-0.4, -0.2) is 46.0 Å². The summed E-state index contributed by atoms with van der Waals surface area (Å²) in [5.74, 6) is -7.16. The van der Waals surface area contributed by atoms with Crippen molar-refractivity contribution in [3.8, 4) is 0 Å². The molecule has 1 fully saturated rings. The molecule has 0 spiro atoms. The Bertz CT molecular complexity index is 828. The fourth-order valence-electron chi connectivity index (χ4n) is 2.59. The number of halogens is 2. The van der Waals surface area contributed by atoms with E-state index in [0.29, 0.717) is 0 Å². The molecule has 0 bridgehead atoms. The monoisotopic (exact) mass is 382 g/mol. The Morgan fingerprint density at radius 1 is 1.11 bits per heavy atom. The van der Waals surface area contributed by atoms with E-state index in [9.17, 15) is 28.0 Å². The number of carbonyl (C=O) groups excluding carboxylic acids is 4. The van der Waals surface area contributed by atoms with E-state index in [1.165, 1.54) is 45.0 Å². The summed E-state index contributed by atoms with van der Waals surface area (Å²) in [6.07, 6.45) is -2.29. The lowest BCUT2D eigenvalue weighted by atomic mass is 10.1. The van der Waals surface area contributed by atoms with Crippen LogP contribution in [0.25, 0.3) is 0 Å². The van der Waals surface area contributed by atoms with Crippen molar-refractivity contribution in [2.24, 2.45) is 0 Å². The molecule has 8 nitrogen and oxygen atoms in total. The summed E-state index contributed by atoms with van der Waals surface area (Å²) in [6, 6.07) is 5.67. The van der Waals surface area contributed by atoms with Gasteiger partial charge in [-0.1, -0.05) is 17.2 Å². The summed E-state index contributed by atoms with van der Waals surface area (Å²) in [5, 5.41) is 1.91. The number of hydroxylamine groups is 2. The van der Waals surface area contributed by atoms with E-state index in [1.807, 2.05) is 0 Å². The zero-order valence-corrected chi connectivity index (χ0v) is 14.7. The number of amides is 3. The Hall–Kier alpha value is -3.04. The number of fused-ring (bicyclic) bond motifs is 1. The number of rotatable bonds is 3. The smallest absolute Gasteiger partial charge is 0.408 e. The van der Waals surface area contributed by atoms with Crippen LogP contribution < -0.4 is 5.32 Å². The molecule has 1 N–H and O–H groups in total. The van der Waals surface area contributed by atoms with Crippen LogP contribution >= 0.6 is 0 Å². The van der Waals surface area contributed by atoms with E-state index < -0.39 is 47.4 Å². The van der Waals surface area contributed by atoms with Gasteiger partial charge in [0.05, 0.1) is 17.5 Å². The SMILES string of the molecule is CC(C)(C)OC(=O)NC1(C(=O)ON2C(=O)c3ccccc3C2=O)CC1(F)F. The fraction of sp³-hybridized carbons (Fsp3) is 0.412. The number of nitrogens with one attached hydrogen (secondary N) is 1. The van der Waals surface area contributed by atoms with E-state index >= 15 is 0 Å². The van der Waals surface area contributed by atoms with Gasteiger partial charge in [0, 0.05) is 0 Å². The standard InChI is InChI=1S/C17H16F2N2O6/c1-15(2,3)26-14(25)20-16(8-17(16,18)19)13(24)27-21-11(22)9-6-4-5-7-10(9)12(21)23/h4-7H,8H2,1-3H3,(H,20,25). The molecule has 0 radical (unpaired) electrons. The van der Waals surface area contributed by atoms with Crippen molar-refractivity contribution in [2.75, 3.05) is 0 Å². The van der Waals surface area contributed by atoms with Gasteiger partial charge in [0.2, 0.25) is 5.54 Å². The van der Waals surface area contributed by atoms with Gasteiger partial charge in [-0.25, -0.2) is 18.4 Å². The summed E-state index contributed by atoms with van der Waals surface area (Å²) in [5.41, 5.74) is -3.73. The molecule has 27 heavy (non-hydrogen) atoms. The lowest BCUT2D eigenvalue weighted by Crippen LogP contribution is -2.52. The maximum atomic E-state index is 13.9. The molecule has 3 amide bonds. The summed E-state index contributed by atoms with van der Waals surface area (Å²) in [4.78, 5) is 53.2. The highest BCUT2D eigenvalue weighted by Gasteiger charge is 2.79. The molecule has 0 aromatic heterocycles. The molecule has 1 aliphatic carbocycles. The lowest BCUT2D eigenvalue weighted by Gasteiger charge is -2.23. The first kappa shape index (κ1) is 18.7. The highest BCUT2D eigenvalue weighted by atomic mass is 19.3. The van der Waals surface area contributed by atoms with Crippen LogP contribution in [0, 0.1) is 0 Å². The fourth-order valence-corrected chi connectivity index (χ4v) is 2.59. The molecule has 1 atom stereocenters. The Kier molecular flexibility index (Phi) is 3.98. The van der Waals surface area contributed by atoms with Gasteiger partial charge < -0.3 is 9.57 Å². The van der Waals surface area contributed by atoms with E-state index in [4.69, 9.17) is 4.74 Å². The molecule has 2 aliphatic rings. The average Bonchev–Trinajstić information content (AvgIpc) is 3.01. The van der Waals surface area contributed by atoms with E-state index in [-0.39, 0.29) is 16.2 Å². The van der Waals surface area contributed by atoms with Crippen LogP contribution in [0.5, 0.6) is 0 Å². The van der Waals surface area contributed by atoms with Gasteiger partial charge in [-0.2, -0.15) is 0 Å². The summed E-state index contributed by atoms with van der Waals surface area (Å²) >= 11 is 0. The first-order valence-electron chi connectivity index (χ1n) is 7.97. The first-order valence-corrected chi connectivity index (χ1v) is 7.97. The number of carbonyl (C=O) groups is 4. The van der Waals surface area contributed by atoms with Gasteiger partial charge in [0.25, 0.3) is 17.7 Å². The topological polar surface area (TPSA) is 102 Å². The second-order valence-electron chi connectivity index (χ2n) is 7.24. The number of hydrogen-bond donors (Lipinski definition) is 1. The summed E-state index contributed by atoms with van der Waals surface area (Å²) in [7, 11) is 0. The van der Waals surface area contributed by atoms with Crippen LogP contribution in [0.1, 0.15) is 47.9 Å². The molecule has 1 aromatic rings. The van der Waals surface area contributed by atoms with Gasteiger partial charge in [-0.05, 0) is 32.9 Å². The first-order chi connectivity index (χ1) is 12.4. The molecular weight excluding hydrogens is 366 g/mol. The van der Waals surface area contributed by atoms with Crippen molar-refractivity contribution in [1.82, 2.24) is 10.4 Å². The zero-order chi connectivity index (χ0) is 20.2. The molecule has 144 valence electrons. The van der Waals surface area contributed by atoms with Crippen LogP contribution in [-0.2, 0) is 14.4 Å². The molecule has 1 heterocycles. The van der Waals surface area contributed by atoms with Crippen molar-refractivity contribution >= 4 is 23.9 Å². The van der Waals surface area contributed by atoms with Crippen molar-refractivity contribution < 1.29 is 37.5 Å². The third-order valence-electron chi connectivity index (χ3n) is 3.98. The Morgan fingerprint density at radius 2 is 1.59 bits per heavy atom. The third kappa shape index (κ3) is 3.11. The highest BCUT2D eigenvalue weighted by molar-refractivity contribution is 6.21. The number of hydrogen-bond acceptors (Lipinski definition) is 6. The van der Waals surface area contributed by atoms with Crippen LogP contribution in [0.4, 0.5) is 13.6 Å². The minimum atomic E-state index is -3.61. The number of imide groups is 1. The molecule has 1 aliphatic heterocycles. The Morgan fingerprint density at radius 3 is 2.00 bits per heavy atom. The van der Waals surface area contributed by atoms with Crippen LogP contribution in [0.2, 0.25) is 0 Å².